The molecule has 1 rings (SSSR count). The summed E-state index contributed by atoms with van der Waals surface area (Å²) in [5.41, 5.74) is 2.33. The lowest BCUT2D eigenvalue weighted by Gasteiger charge is -2.17. The van der Waals surface area contributed by atoms with Crippen LogP contribution in [0.25, 0.3) is 0 Å². The van der Waals surface area contributed by atoms with E-state index in [0.717, 1.165) is 17.5 Å². The van der Waals surface area contributed by atoms with E-state index >= 15 is 0 Å². The van der Waals surface area contributed by atoms with E-state index in [-0.39, 0.29) is 29.3 Å². The molecule has 0 aliphatic rings. The first-order valence-electron chi connectivity index (χ1n) is 11.8. The molecule has 33 heavy (non-hydrogen) atoms. The number of hydrogen-bond acceptors (Lipinski definition) is 5. The molecule has 0 saturated heterocycles. The Morgan fingerprint density at radius 2 is 1.18 bits per heavy atom. The molecule has 0 fully saturated rings. The molecule has 0 atom stereocenters. The lowest BCUT2D eigenvalue weighted by Crippen LogP contribution is -2.28. The topological polar surface area (TPSA) is 85.9 Å². The minimum absolute atomic E-state index is 0.00254. The van der Waals surface area contributed by atoms with Crippen molar-refractivity contribution in [3.8, 4) is 0 Å². The summed E-state index contributed by atoms with van der Waals surface area (Å²) in [6, 6.07) is 7.83. The van der Waals surface area contributed by atoms with Crippen LogP contribution >= 0.6 is 0 Å². The quantitative estimate of drug-likeness (QED) is 0.385. The van der Waals surface area contributed by atoms with Gasteiger partial charge in [0.2, 0.25) is 11.8 Å². The maximum Gasteiger partial charge on any atom is 0.246 e. The van der Waals surface area contributed by atoms with Crippen molar-refractivity contribution in [3.63, 3.8) is 0 Å². The van der Waals surface area contributed by atoms with Crippen LogP contribution in [0.5, 0.6) is 0 Å². The maximum absolute atomic E-state index is 11.9. The number of carbonyl (C=O) groups excluding carboxylic acids is 2. The molecule has 1 aromatic rings. The first kappa shape index (κ1) is 29.1. The molecular weight excluding hydrogens is 420 g/mol. The predicted octanol–water partition coefficient (Wildman–Crippen LogP) is 3.84. The molecule has 0 saturated carbocycles. The van der Waals surface area contributed by atoms with Gasteiger partial charge in [0.25, 0.3) is 0 Å². The summed E-state index contributed by atoms with van der Waals surface area (Å²) >= 11 is 0. The fraction of sp³-hybridized carbons (Fsp3) is 0.692. The van der Waals surface area contributed by atoms with Crippen LogP contribution < -0.4 is 10.6 Å². The van der Waals surface area contributed by atoms with Crippen molar-refractivity contribution in [1.82, 2.24) is 10.6 Å². The largest absolute Gasteiger partial charge is 0.379 e. The Hall–Kier alpha value is -1.96. The molecule has 0 heterocycles. The molecule has 2 amide bonds. The molecule has 0 radical (unpaired) electrons. The molecule has 0 aliphatic carbocycles. The smallest absolute Gasteiger partial charge is 0.246 e. The van der Waals surface area contributed by atoms with E-state index in [4.69, 9.17) is 14.2 Å². The van der Waals surface area contributed by atoms with Gasteiger partial charge in [0, 0.05) is 19.5 Å². The summed E-state index contributed by atoms with van der Waals surface area (Å²) in [4.78, 5) is 23.9. The van der Waals surface area contributed by atoms with Gasteiger partial charge in [-0.2, -0.15) is 0 Å². The lowest BCUT2D eigenvalue weighted by molar-refractivity contribution is -0.126. The van der Waals surface area contributed by atoms with Crippen molar-refractivity contribution in [3.05, 3.63) is 35.4 Å². The fourth-order valence-corrected chi connectivity index (χ4v) is 2.69. The van der Waals surface area contributed by atoms with Gasteiger partial charge in [-0.3, -0.25) is 9.59 Å². The zero-order valence-electron chi connectivity index (χ0n) is 21.4. The summed E-state index contributed by atoms with van der Waals surface area (Å²) in [5.74, 6) is -0.0979. The normalized spacial score (nSPS) is 11.9. The molecule has 7 heteroatoms. The van der Waals surface area contributed by atoms with Crippen LogP contribution in [0.2, 0.25) is 0 Å². The predicted molar refractivity (Wildman–Crippen MR) is 131 cm³/mol. The van der Waals surface area contributed by atoms with Gasteiger partial charge in [-0.25, -0.2) is 0 Å². The Labute approximate surface area is 199 Å². The van der Waals surface area contributed by atoms with Crippen LogP contribution in [0, 0.1) is 10.8 Å². The number of amides is 2. The van der Waals surface area contributed by atoms with E-state index in [9.17, 15) is 9.59 Å². The lowest BCUT2D eigenvalue weighted by atomic mass is 9.90. The van der Waals surface area contributed by atoms with Crippen LogP contribution in [0.3, 0.4) is 0 Å². The minimum atomic E-state index is -0.168. The highest BCUT2D eigenvalue weighted by Crippen LogP contribution is 2.20. The van der Waals surface area contributed by atoms with Crippen LogP contribution in [0.15, 0.2) is 24.3 Å². The highest BCUT2D eigenvalue weighted by molar-refractivity contribution is 5.77. The van der Waals surface area contributed by atoms with Gasteiger partial charge in [-0.05, 0) is 28.4 Å². The van der Waals surface area contributed by atoms with Gasteiger partial charge >= 0.3 is 0 Å². The second kappa shape index (κ2) is 15.0. The van der Waals surface area contributed by atoms with Gasteiger partial charge in [0.05, 0.1) is 33.0 Å². The molecule has 0 aromatic heterocycles. The van der Waals surface area contributed by atoms with Gasteiger partial charge in [-0.1, -0.05) is 65.8 Å². The van der Waals surface area contributed by atoms with Gasteiger partial charge in [0.1, 0.15) is 6.61 Å². The van der Waals surface area contributed by atoms with E-state index in [1.807, 2.05) is 24.3 Å². The number of hydrogen-bond donors (Lipinski definition) is 2. The van der Waals surface area contributed by atoms with Crippen molar-refractivity contribution < 1.29 is 23.8 Å². The fourth-order valence-electron chi connectivity index (χ4n) is 2.69. The van der Waals surface area contributed by atoms with Crippen molar-refractivity contribution in [1.29, 1.82) is 0 Å². The Kier molecular flexibility index (Phi) is 13.3. The van der Waals surface area contributed by atoms with Crippen molar-refractivity contribution in [2.24, 2.45) is 10.8 Å². The number of ether oxygens (including phenoxy) is 3. The Bertz CT molecular complexity index is 690. The van der Waals surface area contributed by atoms with E-state index < -0.39 is 0 Å². The number of carbonyl (C=O) groups is 2. The first-order chi connectivity index (χ1) is 15.4. The maximum atomic E-state index is 11.9. The van der Waals surface area contributed by atoms with Crippen LogP contribution in [0.1, 0.15) is 65.5 Å². The molecular formula is C26H44N2O5. The third-order valence-corrected chi connectivity index (χ3v) is 4.62. The van der Waals surface area contributed by atoms with E-state index in [0.29, 0.717) is 52.5 Å². The molecule has 1 aromatic carbocycles. The molecule has 0 bridgehead atoms. The molecule has 188 valence electrons. The summed E-state index contributed by atoms with van der Waals surface area (Å²) in [6.07, 6.45) is 1.40. The third kappa shape index (κ3) is 17.2. The van der Waals surface area contributed by atoms with Crippen LogP contribution in [-0.2, 0) is 36.9 Å². The van der Waals surface area contributed by atoms with E-state index in [2.05, 4.69) is 52.2 Å². The van der Waals surface area contributed by atoms with Crippen molar-refractivity contribution >= 4 is 11.8 Å². The van der Waals surface area contributed by atoms with E-state index in [1.54, 1.807) is 0 Å². The summed E-state index contributed by atoms with van der Waals surface area (Å²) < 4.78 is 16.3. The number of rotatable bonds is 15. The summed E-state index contributed by atoms with van der Waals surface area (Å²) in [6.45, 7) is 16.3. The number of benzene rings is 1. The highest BCUT2D eigenvalue weighted by atomic mass is 16.5. The second-order valence-electron chi connectivity index (χ2n) is 10.7. The Morgan fingerprint density at radius 3 is 1.70 bits per heavy atom. The average molecular weight is 465 g/mol. The monoisotopic (exact) mass is 464 g/mol. The van der Waals surface area contributed by atoms with Crippen LogP contribution in [0.4, 0.5) is 0 Å². The van der Waals surface area contributed by atoms with Gasteiger partial charge in [0.15, 0.2) is 0 Å². The minimum Gasteiger partial charge on any atom is -0.379 e. The SMILES string of the molecule is CC(C)(C)CCC(=O)NCc1ccc(CNC(=O)COCCOCCOCC(C)(C)C)cc1. The molecule has 0 unspecified atom stereocenters. The van der Waals surface area contributed by atoms with Gasteiger partial charge < -0.3 is 24.8 Å². The summed E-state index contributed by atoms with van der Waals surface area (Å²) in [7, 11) is 0. The highest BCUT2D eigenvalue weighted by Gasteiger charge is 2.12. The number of nitrogens with one attached hydrogen (secondary N) is 2. The van der Waals surface area contributed by atoms with Gasteiger partial charge in [-0.15, -0.1) is 0 Å². The standard InChI is InChI=1S/C26H44N2O5/c1-25(2,3)12-11-23(29)27-17-21-7-9-22(10-8-21)18-28-24(30)19-32-15-13-31-14-16-33-20-26(4,5)6/h7-10H,11-20H2,1-6H3,(H,27,29)(H,28,30). The van der Waals surface area contributed by atoms with E-state index in [1.165, 1.54) is 0 Å². The zero-order valence-corrected chi connectivity index (χ0v) is 21.4. The average Bonchev–Trinajstić information content (AvgIpc) is 2.73. The zero-order chi connectivity index (χ0) is 24.7. The first-order valence-corrected chi connectivity index (χ1v) is 11.8. The molecule has 0 spiro atoms. The molecule has 2 N–H and O–H groups in total. The Balaban J connectivity index is 2.09. The third-order valence-electron chi connectivity index (χ3n) is 4.62. The van der Waals surface area contributed by atoms with Crippen LogP contribution in [-0.4, -0.2) is 51.5 Å². The Morgan fingerprint density at radius 1 is 0.697 bits per heavy atom. The van der Waals surface area contributed by atoms with Crippen molar-refractivity contribution in [2.75, 3.05) is 39.6 Å². The molecule has 0 aliphatic heterocycles. The van der Waals surface area contributed by atoms with Crippen molar-refractivity contribution in [2.45, 2.75) is 67.5 Å². The molecule has 7 nitrogen and oxygen atoms in total. The summed E-state index contributed by atoms with van der Waals surface area (Å²) in [5, 5.41) is 5.79. The second-order valence-corrected chi connectivity index (χ2v) is 10.7.